The van der Waals surface area contributed by atoms with E-state index in [4.69, 9.17) is 4.74 Å². The normalized spacial score (nSPS) is 19.2. The van der Waals surface area contributed by atoms with Crippen molar-refractivity contribution < 1.29 is 19.7 Å². The van der Waals surface area contributed by atoms with Crippen LogP contribution in [0.2, 0.25) is 0 Å². The highest BCUT2D eigenvalue weighted by molar-refractivity contribution is 5.85. The lowest BCUT2D eigenvalue weighted by Gasteiger charge is -2.24. The van der Waals surface area contributed by atoms with Gasteiger partial charge in [0.15, 0.2) is 0 Å². The molecule has 0 aromatic heterocycles. The third kappa shape index (κ3) is 2.49. The number of phenols is 2. The average Bonchev–Trinajstić information content (AvgIpc) is 2.22. The summed E-state index contributed by atoms with van der Waals surface area (Å²) in [7, 11) is 0. The monoisotopic (exact) mass is 245 g/mol. The van der Waals surface area contributed by atoms with Crippen molar-refractivity contribution in [3.8, 4) is 11.5 Å². The summed E-state index contributed by atoms with van der Waals surface area (Å²) in [5.41, 5.74) is 0.506. The molecule has 1 aromatic rings. The van der Waals surface area contributed by atoms with Gasteiger partial charge in [0.1, 0.15) is 11.5 Å². The largest absolute Gasteiger partial charge is 0.508 e. The number of hydrogen-bond donors (Lipinski definition) is 3. The number of carbonyl (C=O) groups excluding carboxylic acids is 1. The van der Waals surface area contributed by atoms with Gasteiger partial charge in [-0.2, -0.15) is 0 Å². The van der Waals surface area contributed by atoms with E-state index in [1.54, 1.807) is 0 Å². The maximum absolute atomic E-state index is 11.0. The predicted molar refractivity (Wildman–Crippen MR) is 58.9 cm³/mol. The summed E-state index contributed by atoms with van der Waals surface area (Å²) in [6.07, 6.45) is 0.0666. The first-order valence-electron chi connectivity index (χ1n) is 4.62. The molecule has 1 fully saturated rings. The number of halogens is 1. The number of aromatic hydroxyl groups is 2. The number of phenolic OH excluding ortho intramolecular Hbond substituents is 2. The Kier molecular flexibility index (Phi) is 3.84. The maximum atomic E-state index is 11.0. The van der Waals surface area contributed by atoms with Crippen molar-refractivity contribution in [2.45, 2.75) is 12.5 Å². The van der Waals surface area contributed by atoms with Crippen molar-refractivity contribution in [2.75, 3.05) is 6.61 Å². The first-order chi connectivity index (χ1) is 7.16. The third-order valence-corrected chi connectivity index (χ3v) is 2.32. The van der Waals surface area contributed by atoms with Gasteiger partial charge in [-0.15, -0.1) is 12.4 Å². The molecule has 16 heavy (non-hydrogen) atoms. The molecule has 6 heteroatoms. The smallest absolute Gasteiger partial charge is 0.407 e. The van der Waals surface area contributed by atoms with Gasteiger partial charge in [0, 0.05) is 12.0 Å². The molecule has 1 aliphatic rings. The van der Waals surface area contributed by atoms with Crippen molar-refractivity contribution in [3.05, 3.63) is 23.8 Å². The lowest BCUT2D eigenvalue weighted by Crippen LogP contribution is -2.35. The Morgan fingerprint density at radius 1 is 1.38 bits per heavy atom. The third-order valence-electron chi connectivity index (χ3n) is 2.32. The minimum absolute atomic E-state index is 0. The van der Waals surface area contributed by atoms with Gasteiger partial charge in [-0.1, -0.05) is 0 Å². The molecule has 0 saturated carbocycles. The van der Waals surface area contributed by atoms with Crippen LogP contribution in [0.15, 0.2) is 18.2 Å². The minimum atomic E-state index is -0.506. The summed E-state index contributed by atoms with van der Waals surface area (Å²) in [6.45, 7) is 0.311. The molecular weight excluding hydrogens is 234 g/mol. The number of ether oxygens (including phenoxy) is 1. The van der Waals surface area contributed by atoms with Gasteiger partial charge >= 0.3 is 6.09 Å². The summed E-state index contributed by atoms with van der Waals surface area (Å²) in [6, 6.07) is 3.91. The molecule has 0 radical (unpaired) electrons. The van der Waals surface area contributed by atoms with Gasteiger partial charge in [0.05, 0.1) is 12.6 Å². The summed E-state index contributed by atoms with van der Waals surface area (Å²) in [5, 5.41) is 21.4. The first-order valence-corrected chi connectivity index (χ1v) is 4.62. The number of rotatable bonds is 1. The van der Waals surface area contributed by atoms with Crippen LogP contribution in [0.4, 0.5) is 4.79 Å². The van der Waals surface area contributed by atoms with Crippen molar-refractivity contribution in [1.82, 2.24) is 5.32 Å². The van der Waals surface area contributed by atoms with Crippen LogP contribution in [0.1, 0.15) is 18.0 Å². The molecule has 1 aliphatic heterocycles. The molecule has 1 heterocycles. The topological polar surface area (TPSA) is 78.8 Å². The second-order valence-electron chi connectivity index (χ2n) is 3.36. The van der Waals surface area contributed by atoms with Crippen molar-refractivity contribution >= 4 is 18.5 Å². The van der Waals surface area contributed by atoms with Crippen molar-refractivity contribution in [3.63, 3.8) is 0 Å². The van der Waals surface area contributed by atoms with Crippen LogP contribution in [0.25, 0.3) is 0 Å². The number of benzene rings is 1. The molecular formula is C10H12ClNO4. The lowest BCUT2D eigenvalue weighted by molar-refractivity contribution is 0.115. The van der Waals surface area contributed by atoms with Crippen LogP contribution < -0.4 is 5.32 Å². The van der Waals surface area contributed by atoms with E-state index in [1.165, 1.54) is 18.2 Å². The molecule has 1 saturated heterocycles. The fraction of sp³-hybridized carbons (Fsp3) is 0.300. The number of carbonyl (C=O) groups is 1. The zero-order valence-electron chi connectivity index (χ0n) is 8.34. The zero-order chi connectivity index (χ0) is 10.8. The second kappa shape index (κ2) is 4.94. The molecule has 0 bridgehead atoms. The molecule has 1 aromatic carbocycles. The molecule has 5 nitrogen and oxygen atoms in total. The Morgan fingerprint density at radius 2 is 2.12 bits per heavy atom. The van der Waals surface area contributed by atoms with E-state index in [1.807, 2.05) is 0 Å². The fourth-order valence-electron chi connectivity index (χ4n) is 1.58. The summed E-state index contributed by atoms with van der Waals surface area (Å²) >= 11 is 0. The SMILES string of the molecule is Cl.O=C1N[C@@H](c2cc(O)ccc2O)CCO1. The molecule has 0 unspecified atom stereocenters. The van der Waals surface area contributed by atoms with Crippen LogP contribution in [-0.4, -0.2) is 22.9 Å². The van der Waals surface area contributed by atoms with Gasteiger partial charge < -0.3 is 20.3 Å². The molecule has 88 valence electrons. The van der Waals surface area contributed by atoms with Gasteiger partial charge in [0.2, 0.25) is 0 Å². The molecule has 3 N–H and O–H groups in total. The highest BCUT2D eigenvalue weighted by Crippen LogP contribution is 2.30. The Labute approximate surface area is 98.5 Å². The number of hydrogen-bond acceptors (Lipinski definition) is 4. The van der Waals surface area contributed by atoms with Gasteiger partial charge in [-0.05, 0) is 18.2 Å². The van der Waals surface area contributed by atoms with E-state index < -0.39 is 6.09 Å². The van der Waals surface area contributed by atoms with Crippen LogP contribution in [0.3, 0.4) is 0 Å². The minimum Gasteiger partial charge on any atom is -0.508 e. The summed E-state index contributed by atoms with van der Waals surface area (Å²) < 4.78 is 4.71. The molecule has 1 amide bonds. The first kappa shape index (κ1) is 12.4. The molecule has 0 aliphatic carbocycles. The van der Waals surface area contributed by atoms with Gasteiger partial charge in [-0.25, -0.2) is 4.79 Å². The quantitative estimate of drug-likeness (QED) is 0.658. The molecule has 1 atom stereocenters. The molecule has 2 rings (SSSR count). The van der Waals surface area contributed by atoms with E-state index in [2.05, 4.69) is 5.32 Å². The van der Waals surface area contributed by atoms with E-state index in [-0.39, 0.29) is 29.9 Å². The van der Waals surface area contributed by atoms with Crippen LogP contribution in [0, 0.1) is 0 Å². The standard InChI is InChI=1S/C10H11NO4.ClH/c12-6-1-2-9(13)7(5-6)8-3-4-15-10(14)11-8;/h1-2,5,8,12-13H,3-4H2,(H,11,14);1H/t8-;/m1./s1. The molecule has 0 spiro atoms. The van der Waals surface area contributed by atoms with Crippen LogP contribution in [0.5, 0.6) is 11.5 Å². The highest BCUT2D eigenvalue weighted by Gasteiger charge is 2.23. The fourth-order valence-corrected chi connectivity index (χ4v) is 1.58. The maximum Gasteiger partial charge on any atom is 0.407 e. The Bertz CT molecular complexity index is 396. The number of cyclic esters (lactones) is 1. The summed E-state index contributed by atoms with van der Waals surface area (Å²) in [4.78, 5) is 11.0. The van der Waals surface area contributed by atoms with Gasteiger partial charge in [-0.3, -0.25) is 0 Å². The number of amides is 1. The van der Waals surface area contributed by atoms with E-state index in [0.29, 0.717) is 18.6 Å². The average molecular weight is 246 g/mol. The predicted octanol–water partition coefficient (Wildman–Crippen LogP) is 1.69. The van der Waals surface area contributed by atoms with Crippen molar-refractivity contribution in [1.29, 1.82) is 0 Å². The Hall–Kier alpha value is -1.62. The summed E-state index contributed by atoms with van der Waals surface area (Å²) in [5.74, 6) is 0.114. The van der Waals surface area contributed by atoms with E-state index in [0.717, 1.165) is 0 Å². The van der Waals surface area contributed by atoms with Crippen LogP contribution >= 0.6 is 12.4 Å². The Morgan fingerprint density at radius 3 is 2.81 bits per heavy atom. The lowest BCUT2D eigenvalue weighted by atomic mass is 10.0. The van der Waals surface area contributed by atoms with Crippen LogP contribution in [-0.2, 0) is 4.74 Å². The second-order valence-corrected chi connectivity index (χ2v) is 3.36. The van der Waals surface area contributed by atoms with Gasteiger partial charge in [0.25, 0.3) is 0 Å². The van der Waals surface area contributed by atoms with E-state index >= 15 is 0 Å². The zero-order valence-corrected chi connectivity index (χ0v) is 9.16. The Balaban J connectivity index is 0.00000128. The number of nitrogens with one attached hydrogen (secondary N) is 1. The highest BCUT2D eigenvalue weighted by atomic mass is 35.5. The van der Waals surface area contributed by atoms with E-state index in [9.17, 15) is 15.0 Å². The van der Waals surface area contributed by atoms with Crippen molar-refractivity contribution in [2.24, 2.45) is 0 Å². The number of alkyl carbamates (subject to hydrolysis) is 1.